The molecule has 2 heterocycles. The maximum absolute atomic E-state index is 13.2. The number of phenols is 1. The van der Waals surface area contributed by atoms with Crippen LogP contribution in [0.1, 0.15) is 28.5 Å². The summed E-state index contributed by atoms with van der Waals surface area (Å²) in [4.78, 5) is 19.0. The van der Waals surface area contributed by atoms with E-state index in [1.807, 2.05) is 38.2 Å². The number of hydrogen-bond acceptors (Lipinski definition) is 6. The first-order valence-corrected chi connectivity index (χ1v) is 13.0. The third-order valence-corrected chi connectivity index (χ3v) is 7.84. The van der Waals surface area contributed by atoms with Crippen LogP contribution < -0.4 is 0 Å². The first-order chi connectivity index (χ1) is 15.9. The molecule has 1 N–H and O–H groups in total. The predicted molar refractivity (Wildman–Crippen MR) is 144 cm³/mol. The number of piperazine rings is 1. The Kier molecular flexibility index (Phi) is 9.34. The van der Waals surface area contributed by atoms with Crippen molar-refractivity contribution >= 4 is 57.0 Å². The fourth-order valence-electron chi connectivity index (χ4n) is 4.32. The monoisotopic (exact) mass is 567 g/mol. The molecule has 1 saturated heterocycles. The molecule has 0 unspecified atom stereocenters. The van der Waals surface area contributed by atoms with Gasteiger partial charge in [-0.05, 0) is 48.1 Å². The van der Waals surface area contributed by atoms with E-state index in [4.69, 9.17) is 4.74 Å². The minimum absolute atomic E-state index is 0. The highest BCUT2D eigenvalue weighted by Gasteiger charge is 2.28. The highest BCUT2D eigenvalue weighted by Crippen LogP contribution is 2.41. The average Bonchev–Trinajstić information content (AvgIpc) is 3.09. The van der Waals surface area contributed by atoms with Gasteiger partial charge in [0.05, 0.1) is 22.2 Å². The topological polar surface area (TPSA) is 57.9 Å². The summed E-state index contributed by atoms with van der Waals surface area (Å²) in [5.74, 6) is 0.475. The van der Waals surface area contributed by atoms with E-state index in [-0.39, 0.29) is 24.1 Å². The second kappa shape index (κ2) is 11.8. The van der Waals surface area contributed by atoms with Crippen LogP contribution in [0.3, 0.4) is 0 Å². The Morgan fingerprint density at radius 2 is 1.82 bits per heavy atom. The van der Waals surface area contributed by atoms with E-state index in [0.29, 0.717) is 28.9 Å². The van der Waals surface area contributed by atoms with Gasteiger partial charge in [0.15, 0.2) is 0 Å². The molecule has 184 valence electrons. The number of carbonyl (C=O) groups is 1. The lowest BCUT2D eigenvalue weighted by Gasteiger charge is -2.32. The fraction of sp³-hybridized carbons (Fsp3) is 0.400. The van der Waals surface area contributed by atoms with Gasteiger partial charge in [0.1, 0.15) is 5.75 Å². The summed E-state index contributed by atoms with van der Waals surface area (Å²) >= 11 is 5.23. The van der Waals surface area contributed by atoms with Gasteiger partial charge in [-0.25, -0.2) is 4.79 Å². The van der Waals surface area contributed by atoms with Gasteiger partial charge in [-0.15, -0.1) is 24.2 Å². The standard InChI is InChI=1S/C25H30BrN3O3S.ClH/c1-4-32-25(31)23-21(16-33-17-8-6-5-7-9-17)28(3)20-14-19(26)24(30)18(22(20)23)15-29-12-10-27(2)11-13-29;/h5-9,14,30H,4,10-13,15-16H2,1-3H3;1H. The molecule has 1 fully saturated rings. The molecule has 0 amide bonds. The molecule has 0 bridgehead atoms. The van der Waals surface area contributed by atoms with Crippen LogP contribution in [0.25, 0.3) is 10.9 Å². The number of ether oxygens (including phenoxy) is 1. The molecule has 0 atom stereocenters. The number of halogens is 2. The van der Waals surface area contributed by atoms with Gasteiger partial charge in [0.2, 0.25) is 0 Å². The van der Waals surface area contributed by atoms with Crippen molar-refractivity contribution in [3.8, 4) is 5.75 Å². The third kappa shape index (κ3) is 5.57. The van der Waals surface area contributed by atoms with Crippen LogP contribution >= 0.6 is 40.1 Å². The Labute approximate surface area is 219 Å². The molecule has 34 heavy (non-hydrogen) atoms. The molecule has 3 aromatic rings. The molecule has 4 rings (SSSR count). The molecule has 9 heteroatoms. The minimum atomic E-state index is -0.340. The number of thioether (sulfide) groups is 1. The van der Waals surface area contributed by atoms with Gasteiger partial charge >= 0.3 is 5.97 Å². The Morgan fingerprint density at radius 1 is 1.15 bits per heavy atom. The van der Waals surface area contributed by atoms with Crippen molar-refractivity contribution in [2.75, 3.05) is 39.8 Å². The summed E-state index contributed by atoms with van der Waals surface area (Å²) in [6, 6.07) is 12.1. The lowest BCUT2D eigenvalue weighted by atomic mass is 10.0. The minimum Gasteiger partial charge on any atom is -0.506 e. The number of likely N-dealkylation sites (N-methyl/N-ethyl adjacent to an activating group) is 1. The summed E-state index contributed by atoms with van der Waals surface area (Å²) in [6.45, 7) is 6.51. The zero-order chi connectivity index (χ0) is 23.5. The molecule has 1 aliphatic rings. The van der Waals surface area contributed by atoms with Crippen LogP contribution in [0.15, 0.2) is 45.8 Å². The lowest BCUT2D eigenvalue weighted by Crippen LogP contribution is -2.43. The summed E-state index contributed by atoms with van der Waals surface area (Å²) < 4.78 is 8.20. The highest BCUT2D eigenvalue weighted by molar-refractivity contribution is 9.10. The van der Waals surface area contributed by atoms with Crippen LogP contribution in [0.4, 0.5) is 0 Å². The molecule has 1 aromatic heterocycles. The molecule has 0 spiro atoms. The first kappa shape index (κ1) is 26.9. The van der Waals surface area contributed by atoms with E-state index in [0.717, 1.165) is 53.2 Å². The van der Waals surface area contributed by atoms with E-state index in [1.54, 1.807) is 11.8 Å². The van der Waals surface area contributed by atoms with Crippen molar-refractivity contribution in [2.45, 2.75) is 24.1 Å². The first-order valence-electron chi connectivity index (χ1n) is 11.2. The zero-order valence-electron chi connectivity index (χ0n) is 19.7. The van der Waals surface area contributed by atoms with Gasteiger partial charge in [-0.1, -0.05) is 18.2 Å². The second-order valence-corrected chi connectivity index (χ2v) is 10.3. The van der Waals surface area contributed by atoms with Gasteiger partial charge in [-0.3, -0.25) is 4.90 Å². The molecule has 2 aromatic carbocycles. The van der Waals surface area contributed by atoms with Crippen LogP contribution in [-0.2, 0) is 24.1 Å². The molecular formula is C25H31BrClN3O3S. The molecule has 0 aliphatic carbocycles. The zero-order valence-corrected chi connectivity index (χ0v) is 22.9. The molecule has 0 saturated carbocycles. The number of rotatable bonds is 7. The van der Waals surface area contributed by atoms with Gasteiger partial charge in [0.25, 0.3) is 0 Å². The highest BCUT2D eigenvalue weighted by atomic mass is 79.9. The normalized spacial score (nSPS) is 14.8. The summed E-state index contributed by atoms with van der Waals surface area (Å²) in [7, 11) is 4.11. The SMILES string of the molecule is CCOC(=O)c1c(CSc2ccccc2)n(C)c2cc(Br)c(O)c(CN3CCN(C)CC3)c12.Cl. The third-order valence-electron chi connectivity index (χ3n) is 6.21. The summed E-state index contributed by atoms with van der Waals surface area (Å²) in [5, 5.41) is 11.9. The molecule has 6 nitrogen and oxygen atoms in total. The lowest BCUT2D eigenvalue weighted by molar-refractivity contribution is 0.0527. The smallest absolute Gasteiger partial charge is 0.340 e. The Bertz CT molecular complexity index is 1150. The molecule has 0 radical (unpaired) electrons. The summed E-state index contributed by atoms with van der Waals surface area (Å²) in [6.07, 6.45) is 0. The van der Waals surface area contributed by atoms with E-state index in [2.05, 4.69) is 49.5 Å². The maximum atomic E-state index is 13.2. The number of carbonyl (C=O) groups excluding carboxylic acids is 1. The van der Waals surface area contributed by atoms with Crippen molar-refractivity contribution < 1.29 is 14.6 Å². The van der Waals surface area contributed by atoms with E-state index >= 15 is 0 Å². The van der Waals surface area contributed by atoms with Gasteiger partial charge in [-0.2, -0.15) is 0 Å². The van der Waals surface area contributed by atoms with Crippen LogP contribution in [-0.4, -0.2) is 65.3 Å². The number of aromatic nitrogens is 1. The molecule has 1 aliphatic heterocycles. The quantitative estimate of drug-likeness (QED) is 0.309. The number of hydrogen-bond donors (Lipinski definition) is 1. The fourth-order valence-corrected chi connectivity index (χ4v) is 5.77. The average molecular weight is 569 g/mol. The number of phenolic OH excluding ortho intramolecular Hbond substituents is 1. The van der Waals surface area contributed by atoms with Gasteiger partial charge < -0.3 is 19.3 Å². The van der Waals surface area contributed by atoms with E-state index < -0.39 is 0 Å². The van der Waals surface area contributed by atoms with E-state index in [9.17, 15) is 9.90 Å². The van der Waals surface area contributed by atoms with Crippen molar-refractivity contribution in [2.24, 2.45) is 7.05 Å². The van der Waals surface area contributed by atoms with Crippen LogP contribution in [0, 0.1) is 0 Å². The summed E-state index contributed by atoms with van der Waals surface area (Å²) in [5.41, 5.74) is 3.15. The van der Waals surface area contributed by atoms with E-state index in [1.165, 1.54) is 0 Å². The van der Waals surface area contributed by atoms with Crippen LogP contribution in [0.5, 0.6) is 5.75 Å². The largest absolute Gasteiger partial charge is 0.506 e. The van der Waals surface area contributed by atoms with Crippen LogP contribution in [0.2, 0.25) is 0 Å². The Hall–Kier alpha value is -1.71. The number of esters is 1. The second-order valence-electron chi connectivity index (χ2n) is 8.36. The molecular weight excluding hydrogens is 538 g/mol. The number of fused-ring (bicyclic) bond motifs is 1. The van der Waals surface area contributed by atoms with Crippen molar-refractivity contribution in [3.63, 3.8) is 0 Å². The number of nitrogens with zero attached hydrogens (tertiary/aromatic N) is 3. The number of aryl methyl sites for hydroxylation is 1. The Morgan fingerprint density at radius 3 is 2.47 bits per heavy atom. The van der Waals surface area contributed by atoms with Crippen molar-refractivity contribution in [1.29, 1.82) is 0 Å². The Balaban J connectivity index is 0.00000324. The number of benzene rings is 2. The maximum Gasteiger partial charge on any atom is 0.340 e. The predicted octanol–water partition coefficient (Wildman–Crippen LogP) is 5.28. The van der Waals surface area contributed by atoms with Gasteiger partial charge in [0, 0.05) is 67.1 Å². The van der Waals surface area contributed by atoms with Crippen molar-refractivity contribution in [1.82, 2.24) is 14.4 Å². The van der Waals surface area contributed by atoms with Crippen molar-refractivity contribution in [3.05, 3.63) is 57.7 Å². The number of aromatic hydroxyl groups is 1.